The lowest BCUT2D eigenvalue weighted by molar-refractivity contribution is 0.0545. The lowest BCUT2D eigenvalue weighted by Crippen LogP contribution is -2.48. The van der Waals surface area contributed by atoms with Crippen LogP contribution in [-0.2, 0) is 9.47 Å². The normalized spacial score (nSPS) is 12.2. The summed E-state index contributed by atoms with van der Waals surface area (Å²) in [5.41, 5.74) is -1.80. The van der Waals surface area contributed by atoms with E-state index in [1.165, 1.54) is 0 Å². The van der Waals surface area contributed by atoms with Gasteiger partial charge in [0.05, 0.1) is 5.54 Å². The number of carbonyl (C=O) groups excluding carboxylic acids is 2. The van der Waals surface area contributed by atoms with Gasteiger partial charge in [-0.25, -0.2) is 14.6 Å². The Balaban J connectivity index is 4.98. The monoisotopic (exact) mass is 315 g/mol. The Kier molecular flexibility index (Phi) is 6.41. The minimum absolute atomic E-state index is 0.0176. The third-order valence-electron chi connectivity index (χ3n) is 1.69. The van der Waals surface area contributed by atoms with E-state index >= 15 is 0 Å². The highest BCUT2D eigenvalue weighted by Gasteiger charge is 2.22. The number of aliphatic imine (C=N–C) groups is 1. The van der Waals surface area contributed by atoms with E-state index in [0.29, 0.717) is 0 Å². The smallest absolute Gasteiger partial charge is 0.414 e. The molecule has 0 radical (unpaired) electrons. The lowest BCUT2D eigenvalue weighted by Gasteiger charge is -2.23. The van der Waals surface area contributed by atoms with Gasteiger partial charge in [-0.1, -0.05) is 0 Å². The Morgan fingerprint density at radius 1 is 0.727 bits per heavy atom. The maximum absolute atomic E-state index is 11.8. The highest BCUT2D eigenvalue weighted by atomic mass is 16.6. The summed E-state index contributed by atoms with van der Waals surface area (Å²) >= 11 is 0. The number of nitrogens with zero attached hydrogens (tertiary/aromatic N) is 1. The second-order valence-corrected chi connectivity index (χ2v) is 7.89. The molecular weight excluding hydrogens is 286 g/mol. The summed E-state index contributed by atoms with van der Waals surface area (Å²) in [7, 11) is 0. The summed E-state index contributed by atoms with van der Waals surface area (Å²) in [6.45, 7) is 16.0. The zero-order valence-corrected chi connectivity index (χ0v) is 15.1. The van der Waals surface area contributed by atoms with Crippen LogP contribution in [0.5, 0.6) is 0 Å². The van der Waals surface area contributed by atoms with Gasteiger partial charge in [-0.15, -0.1) is 0 Å². The number of guanidine groups is 1. The van der Waals surface area contributed by atoms with Gasteiger partial charge < -0.3 is 9.47 Å². The number of carbonyl (C=O) groups is 2. The molecule has 0 rings (SSSR count). The number of amides is 2. The van der Waals surface area contributed by atoms with E-state index in [1.54, 1.807) is 41.5 Å². The third kappa shape index (κ3) is 12.0. The lowest BCUT2D eigenvalue weighted by atomic mass is 10.1. The van der Waals surface area contributed by atoms with E-state index in [0.717, 1.165) is 0 Å². The van der Waals surface area contributed by atoms with Crippen molar-refractivity contribution in [3.8, 4) is 0 Å². The zero-order valence-electron chi connectivity index (χ0n) is 15.1. The molecule has 0 aliphatic carbocycles. The molecule has 2 N–H and O–H groups in total. The van der Waals surface area contributed by atoms with E-state index in [4.69, 9.17) is 9.47 Å². The van der Waals surface area contributed by atoms with Crippen molar-refractivity contribution in [2.24, 2.45) is 4.99 Å². The summed E-state index contributed by atoms with van der Waals surface area (Å²) in [5, 5.41) is 4.85. The Labute approximate surface area is 132 Å². The quantitative estimate of drug-likeness (QED) is 0.530. The van der Waals surface area contributed by atoms with Gasteiger partial charge in [-0.05, 0) is 62.3 Å². The van der Waals surface area contributed by atoms with Crippen molar-refractivity contribution >= 4 is 18.1 Å². The molecule has 7 nitrogen and oxygen atoms in total. The summed E-state index contributed by atoms with van der Waals surface area (Å²) in [6.07, 6.45) is -1.40. The first-order valence-corrected chi connectivity index (χ1v) is 7.17. The minimum Gasteiger partial charge on any atom is -0.444 e. The first-order valence-electron chi connectivity index (χ1n) is 7.17. The van der Waals surface area contributed by atoms with Crippen LogP contribution in [-0.4, -0.2) is 34.9 Å². The molecule has 128 valence electrons. The van der Waals surface area contributed by atoms with Gasteiger partial charge in [0.15, 0.2) is 0 Å². The Bertz CT molecular complexity index is 405. The molecule has 22 heavy (non-hydrogen) atoms. The molecule has 0 atom stereocenters. The fourth-order valence-corrected chi connectivity index (χ4v) is 1.22. The van der Waals surface area contributed by atoms with Crippen LogP contribution in [0.3, 0.4) is 0 Å². The Morgan fingerprint density at radius 3 is 1.27 bits per heavy atom. The van der Waals surface area contributed by atoms with Gasteiger partial charge in [-0.2, -0.15) is 0 Å². The van der Waals surface area contributed by atoms with E-state index < -0.39 is 28.9 Å². The second-order valence-electron chi connectivity index (χ2n) is 7.89. The van der Waals surface area contributed by atoms with Crippen molar-refractivity contribution in [1.82, 2.24) is 10.6 Å². The topological polar surface area (TPSA) is 89.0 Å². The van der Waals surface area contributed by atoms with Gasteiger partial charge in [-0.3, -0.25) is 10.6 Å². The van der Waals surface area contributed by atoms with Crippen LogP contribution < -0.4 is 10.6 Å². The van der Waals surface area contributed by atoms with Crippen LogP contribution in [0.4, 0.5) is 9.59 Å². The molecule has 0 heterocycles. The van der Waals surface area contributed by atoms with Crippen LogP contribution in [0, 0.1) is 0 Å². The number of hydrogen-bond donors (Lipinski definition) is 2. The van der Waals surface area contributed by atoms with Crippen LogP contribution in [0.2, 0.25) is 0 Å². The molecule has 0 aliphatic heterocycles. The Hall–Kier alpha value is -1.79. The molecule has 0 aromatic heterocycles. The van der Waals surface area contributed by atoms with E-state index in [-0.39, 0.29) is 5.96 Å². The van der Waals surface area contributed by atoms with Crippen LogP contribution in [0.25, 0.3) is 0 Å². The summed E-state index contributed by atoms with van der Waals surface area (Å²) < 4.78 is 10.3. The molecule has 0 unspecified atom stereocenters. The maximum atomic E-state index is 11.8. The first-order chi connectivity index (χ1) is 9.57. The third-order valence-corrected chi connectivity index (χ3v) is 1.69. The fourth-order valence-electron chi connectivity index (χ4n) is 1.22. The maximum Gasteiger partial charge on any atom is 0.414 e. The predicted octanol–water partition coefficient (Wildman–Crippen LogP) is 3.19. The van der Waals surface area contributed by atoms with Crippen molar-refractivity contribution < 1.29 is 19.1 Å². The largest absolute Gasteiger partial charge is 0.444 e. The molecule has 0 saturated heterocycles. The minimum atomic E-state index is -0.702. The molecule has 0 spiro atoms. The standard InChI is InChI=1S/C15H29N3O4/c1-13(2,3)18-10(16-11(19)21-14(4,5)6)17-12(20)22-15(7,8)9/h1-9H3,(H2,16,17,18,19,20). The molecule has 0 fully saturated rings. The van der Waals surface area contributed by atoms with Crippen LogP contribution in [0.15, 0.2) is 4.99 Å². The van der Waals surface area contributed by atoms with E-state index in [2.05, 4.69) is 15.6 Å². The van der Waals surface area contributed by atoms with Crippen molar-refractivity contribution in [2.75, 3.05) is 0 Å². The SMILES string of the molecule is CC(C)(C)N=C(NC(=O)OC(C)(C)C)NC(=O)OC(C)(C)C. The fraction of sp³-hybridized carbons (Fsp3) is 0.800. The molecule has 2 amide bonds. The van der Waals surface area contributed by atoms with Gasteiger partial charge in [0.2, 0.25) is 5.96 Å². The summed E-state index contributed by atoms with van der Waals surface area (Å²) in [5.74, 6) is -0.0176. The average molecular weight is 315 g/mol. The highest BCUT2D eigenvalue weighted by molar-refractivity contribution is 6.01. The van der Waals surface area contributed by atoms with Gasteiger partial charge >= 0.3 is 12.2 Å². The van der Waals surface area contributed by atoms with Crippen molar-refractivity contribution in [1.29, 1.82) is 0 Å². The number of nitrogens with one attached hydrogen (secondary N) is 2. The zero-order chi connectivity index (χ0) is 17.8. The molecule has 7 heteroatoms. The molecule has 0 aromatic carbocycles. The van der Waals surface area contributed by atoms with Gasteiger partial charge in [0.1, 0.15) is 11.2 Å². The van der Waals surface area contributed by atoms with Crippen molar-refractivity contribution in [2.45, 2.75) is 79.1 Å². The molecule has 0 aromatic rings. The number of ether oxygens (including phenoxy) is 2. The summed E-state index contributed by atoms with van der Waals surface area (Å²) in [6, 6.07) is 0. The molecule has 0 bridgehead atoms. The first kappa shape index (κ1) is 20.2. The number of rotatable bonds is 0. The average Bonchev–Trinajstić information content (AvgIpc) is 2.05. The van der Waals surface area contributed by atoms with Crippen LogP contribution in [0.1, 0.15) is 62.3 Å². The Morgan fingerprint density at radius 2 is 1.05 bits per heavy atom. The molecular formula is C15H29N3O4. The van der Waals surface area contributed by atoms with Crippen molar-refractivity contribution in [3.63, 3.8) is 0 Å². The van der Waals surface area contributed by atoms with E-state index in [9.17, 15) is 9.59 Å². The van der Waals surface area contributed by atoms with E-state index in [1.807, 2.05) is 20.8 Å². The van der Waals surface area contributed by atoms with Crippen LogP contribution >= 0.6 is 0 Å². The van der Waals surface area contributed by atoms with Gasteiger partial charge in [0.25, 0.3) is 0 Å². The highest BCUT2D eigenvalue weighted by Crippen LogP contribution is 2.09. The molecule has 0 saturated carbocycles. The molecule has 0 aliphatic rings. The summed E-state index contributed by atoms with van der Waals surface area (Å²) in [4.78, 5) is 27.9. The van der Waals surface area contributed by atoms with Crippen molar-refractivity contribution in [3.05, 3.63) is 0 Å². The second kappa shape index (κ2) is 6.98. The number of alkyl carbamates (subject to hydrolysis) is 2. The number of hydrogen-bond acceptors (Lipinski definition) is 5. The predicted molar refractivity (Wildman–Crippen MR) is 85.9 cm³/mol. The van der Waals surface area contributed by atoms with Gasteiger partial charge in [0, 0.05) is 0 Å².